The van der Waals surface area contributed by atoms with Crippen LogP contribution in [0.1, 0.15) is 28.8 Å². The van der Waals surface area contributed by atoms with Crippen molar-refractivity contribution in [3.8, 4) is 11.5 Å². The van der Waals surface area contributed by atoms with Crippen LogP contribution >= 0.6 is 0 Å². The van der Waals surface area contributed by atoms with Crippen molar-refractivity contribution in [3.63, 3.8) is 0 Å². The van der Waals surface area contributed by atoms with E-state index in [0.717, 1.165) is 18.4 Å². The lowest BCUT2D eigenvalue weighted by molar-refractivity contribution is 0.0792. The minimum absolute atomic E-state index is 0.0494. The molecule has 2 aromatic rings. The molecule has 2 heterocycles. The summed E-state index contributed by atoms with van der Waals surface area (Å²) in [5.41, 5.74) is 1.55. The highest BCUT2D eigenvalue weighted by Gasteiger charge is 2.24. The molecule has 0 saturated carbocycles. The highest BCUT2D eigenvalue weighted by atomic mass is 32.2. The number of carbonyl (C=O) groups is 1. The van der Waals surface area contributed by atoms with Crippen LogP contribution in [0.2, 0.25) is 0 Å². The molecule has 0 spiro atoms. The van der Waals surface area contributed by atoms with Gasteiger partial charge in [0.1, 0.15) is 0 Å². The number of carbonyl (C=O) groups excluding carboxylic acids is 1. The fourth-order valence-corrected chi connectivity index (χ4v) is 4.34. The van der Waals surface area contributed by atoms with Crippen molar-refractivity contribution in [2.75, 3.05) is 24.6 Å². The van der Waals surface area contributed by atoms with E-state index in [-0.39, 0.29) is 17.6 Å². The number of ether oxygens (including phenoxy) is 2. The predicted octanol–water partition coefficient (Wildman–Crippen LogP) is 2.76. The van der Waals surface area contributed by atoms with Crippen LogP contribution in [0, 0.1) is 6.92 Å². The van der Waals surface area contributed by atoms with Gasteiger partial charge in [0.2, 0.25) is 6.79 Å². The number of nitrogens with one attached hydrogen (secondary N) is 1. The smallest absolute Gasteiger partial charge is 0.261 e. The van der Waals surface area contributed by atoms with E-state index >= 15 is 0 Å². The second-order valence-corrected chi connectivity index (χ2v) is 8.33. The molecule has 4 rings (SSSR count). The molecule has 0 radical (unpaired) electrons. The molecule has 0 aromatic heterocycles. The summed E-state index contributed by atoms with van der Waals surface area (Å²) in [6.07, 6.45) is 1.96. The summed E-state index contributed by atoms with van der Waals surface area (Å²) in [5.74, 6) is 0.945. The summed E-state index contributed by atoms with van der Waals surface area (Å²) in [4.78, 5) is 14.5. The number of rotatable bonds is 4. The Balaban J connectivity index is 1.61. The molecule has 1 N–H and O–H groups in total. The van der Waals surface area contributed by atoms with Gasteiger partial charge in [-0.15, -0.1) is 0 Å². The molecule has 7 nitrogen and oxygen atoms in total. The SMILES string of the molecule is Cc1ccc(S(=O)(=O)Nc2ccc3c(c2)OCO3)cc1C(=O)N1CCCC1. The first kappa shape index (κ1) is 17.7. The highest BCUT2D eigenvalue weighted by Crippen LogP contribution is 2.35. The Kier molecular flexibility index (Phi) is 4.43. The van der Waals surface area contributed by atoms with Crippen LogP contribution in [-0.2, 0) is 10.0 Å². The van der Waals surface area contributed by atoms with Gasteiger partial charge in [-0.05, 0) is 49.6 Å². The number of hydrogen-bond acceptors (Lipinski definition) is 5. The van der Waals surface area contributed by atoms with E-state index in [1.165, 1.54) is 12.1 Å². The lowest BCUT2D eigenvalue weighted by Gasteiger charge is -2.17. The third-order valence-corrected chi connectivity index (χ3v) is 6.15. The van der Waals surface area contributed by atoms with Crippen LogP contribution in [0.15, 0.2) is 41.3 Å². The van der Waals surface area contributed by atoms with Gasteiger partial charge < -0.3 is 14.4 Å². The molecular weight excluding hydrogens is 368 g/mol. The van der Waals surface area contributed by atoms with Crippen molar-refractivity contribution in [1.29, 1.82) is 0 Å². The van der Waals surface area contributed by atoms with Gasteiger partial charge in [-0.2, -0.15) is 0 Å². The molecule has 1 amide bonds. The number of sulfonamides is 1. The minimum Gasteiger partial charge on any atom is -0.454 e. The molecule has 8 heteroatoms. The Morgan fingerprint density at radius 2 is 1.78 bits per heavy atom. The largest absolute Gasteiger partial charge is 0.454 e. The molecule has 142 valence electrons. The average Bonchev–Trinajstić information content (AvgIpc) is 3.32. The average molecular weight is 388 g/mol. The number of hydrogen-bond donors (Lipinski definition) is 1. The Hall–Kier alpha value is -2.74. The van der Waals surface area contributed by atoms with Gasteiger partial charge in [0.25, 0.3) is 15.9 Å². The number of nitrogens with zero attached hydrogens (tertiary/aromatic N) is 1. The van der Waals surface area contributed by atoms with Crippen molar-refractivity contribution in [2.45, 2.75) is 24.7 Å². The second kappa shape index (κ2) is 6.77. The first-order valence-corrected chi connectivity index (χ1v) is 10.2. The molecule has 2 aliphatic rings. The van der Waals surface area contributed by atoms with Crippen molar-refractivity contribution < 1.29 is 22.7 Å². The van der Waals surface area contributed by atoms with Gasteiger partial charge in [-0.25, -0.2) is 8.42 Å². The quantitative estimate of drug-likeness (QED) is 0.871. The third kappa shape index (κ3) is 3.44. The van der Waals surface area contributed by atoms with Crippen LogP contribution in [0.5, 0.6) is 11.5 Å². The highest BCUT2D eigenvalue weighted by molar-refractivity contribution is 7.92. The van der Waals surface area contributed by atoms with Crippen molar-refractivity contribution in [3.05, 3.63) is 47.5 Å². The zero-order chi connectivity index (χ0) is 19.0. The maximum atomic E-state index is 12.8. The van der Waals surface area contributed by atoms with E-state index < -0.39 is 10.0 Å². The Bertz CT molecular complexity index is 997. The van der Waals surface area contributed by atoms with E-state index in [1.54, 1.807) is 29.2 Å². The predicted molar refractivity (Wildman–Crippen MR) is 99.7 cm³/mol. The lowest BCUT2D eigenvalue weighted by atomic mass is 10.1. The zero-order valence-electron chi connectivity index (χ0n) is 14.9. The van der Waals surface area contributed by atoms with Crippen molar-refractivity contribution in [2.24, 2.45) is 0 Å². The third-order valence-electron chi connectivity index (χ3n) is 4.77. The molecule has 0 unspecified atom stereocenters. The molecule has 0 atom stereocenters. The Morgan fingerprint density at radius 3 is 2.56 bits per heavy atom. The normalized spacial score (nSPS) is 15.8. The Labute approximate surface area is 157 Å². The molecule has 0 aliphatic carbocycles. The number of fused-ring (bicyclic) bond motifs is 1. The number of amides is 1. The van der Waals surface area contributed by atoms with Crippen molar-refractivity contribution in [1.82, 2.24) is 4.90 Å². The van der Waals surface area contributed by atoms with Gasteiger partial charge in [0, 0.05) is 24.7 Å². The summed E-state index contributed by atoms with van der Waals surface area (Å²) in [6.45, 7) is 3.35. The number of anilines is 1. The van der Waals surface area contributed by atoms with Crippen LogP contribution in [-0.4, -0.2) is 39.1 Å². The van der Waals surface area contributed by atoms with Crippen molar-refractivity contribution >= 4 is 21.6 Å². The van der Waals surface area contributed by atoms with Crippen LogP contribution in [0.4, 0.5) is 5.69 Å². The fraction of sp³-hybridized carbons (Fsp3) is 0.316. The van der Waals surface area contributed by atoms with E-state index in [9.17, 15) is 13.2 Å². The van der Waals surface area contributed by atoms with Gasteiger partial charge >= 0.3 is 0 Å². The van der Waals surface area contributed by atoms with Gasteiger partial charge in [0.05, 0.1) is 10.6 Å². The van der Waals surface area contributed by atoms with E-state index in [4.69, 9.17) is 9.47 Å². The first-order valence-electron chi connectivity index (χ1n) is 8.76. The topological polar surface area (TPSA) is 84.9 Å². The standard InChI is InChI=1S/C19H20N2O5S/c1-13-4-6-15(11-16(13)19(22)21-8-2-3-9-21)27(23,24)20-14-5-7-17-18(10-14)26-12-25-17/h4-7,10-11,20H,2-3,8-9,12H2,1H3. The second-order valence-electron chi connectivity index (χ2n) is 6.65. The first-order chi connectivity index (χ1) is 12.9. The molecule has 1 saturated heterocycles. The van der Waals surface area contributed by atoms with Gasteiger partial charge in [-0.1, -0.05) is 6.07 Å². The maximum Gasteiger partial charge on any atom is 0.261 e. The molecule has 1 fully saturated rings. The van der Waals surface area contributed by atoms with E-state index in [1.807, 2.05) is 6.92 Å². The number of likely N-dealkylation sites (tertiary alicyclic amines) is 1. The molecular formula is C19H20N2O5S. The van der Waals surface area contributed by atoms with Crippen LogP contribution in [0.3, 0.4) is 0 Å². The molecule has 2 aromatic carbocycles. The molecule has 0 bridgehead atoms. The van der Waals surface area contributed by atoms with Crippen LogP contribution in [0.25, 0.3) is 0 Å². The number of benzene rings is 2. The summed E-state index contributed by atoms with van der Waals surface area (Å²) < 4.78 is 38.6. The molecule has 27 heavy (non-hydrogen) atoms. The maximum absolute atomic E-state index is 12.8. The molecule has 2 aliphatic heterocycles. The fourth-order valence-electron chi connectivity index (χ4n) is 3.26. The van der Waals surface area contributed by atoms with E-state index in [2.05, 4.69) is 4.72 Å². The van der Waals surface area contributed by atoms with Gasteiger partial charge in [-0.3, -0.25) is 9.52 Å². The van der Waals surface area contributed by atoms with Gasteiger partial charge in [0.15, 0.2) is 11.5 Å². The summed E-state index contributed by atoms with van der Waals surface area (Å²) in [6, 6.07) is 9.45. The number of aryl methyl sites for hydroxylation is 1. The minimum atomic E-state index is -3.84. The van der Waals surface area contributed by atoms with Crippen LogP contribution < -0.4 is 14.2 Å². The summed E-state index contributed by atoms with van der Waals surface area (Å²) in [5, 5.41) is 0. The Morgan fingerprint density at radius 1 is 1.04 bits per heavy atom. The lowest BCUT2D eigenvalue weighted by Crippen LogP contribution is -2.28. The van der Waals surface area contributed by atoms with E-state index in [0.29, 0.717) is 35.8 Å². The zero-order valence-corrected chi connectivity index (χ0v) is 15.7. The monoisotopic (exact) mass is 388 g/mol. The summed E-state index contributed by atoms with van der Waals surface area (Å²) in [7, 11) is -3.84. The summed E-state index contributed by atoms with van der Waals surface area (Å²) >= 11 is 0.